The van der Waals surface area contributed by atoms with Gasteiger partial charge >= 0.3 is 5.97 Å². The summed E-state index contributed by atoms with van der Waals surface area (Å²) >= 11 is 1.53. The van der Waals surface area contributed by atoms with Crippen molar-refractivity contribution in [2.75, 3.05) is 6.61 Å². The van der Waals surface area contributed by atoms with Crippen LogP contribution in [0.3, 0.4) is 0 Å². The highest BCUT2D eigenvalue weighted by atomic mass is 32.2. The minimum absolute atomic E-state index is 0.350. The third kappa shape index (κ3) is 3.78. The van der Waals surface area contributed by atoms with Crippen LogP contribution in [-0.4, -0.2) is 17.7 Å². The van der Waals surface area contributed by atoms with E-state index in [2.05, 4.69) is 0 Å². The smallest absolute Gasteiger partial charge is 0.336 e. The van der Waals surface area contributed by atoms with Gasteiger partial charge in [0.15, 0.2) is 0 Å². The van der Waals surface area contributed by atoms with Crippen LogP contribution >= 0.6 is 11.8 Å². The third-order valence-electron chi connectivity index (χ3n) is 2.75. The van der Waals surface area contributed by atoms with Crippen molar-refractivity contribution in [3.05, 3.63) is 59.7 Å². The summed E-state index contributed by atoms with van der Waals surface area (Å²) in [7, 11) is 0. The summed E-state index contributed by atoms with van der Waals surface area (Å²) in [6.07, 6.45) is 0. The van der Waals surface area contributed by atoms with E-state index in [1.54, 1.807) is 12.1 Å². The minimum Gasteiger partial charge on any atom is -0.494 e. The SMILES string of the molecule is CCOc1ccc(CSc2ccccc2C(=O)O)cc1. The van der Waals surface area contributed by atoms with E-state index in [0.29, 0.717) is 12.2 Å². The normalized spacial score (nSPS) is 10.2. The maximum atomic E-state index is 11.1. The molecule has 2 aromatic carbocycles. The van der Waals surface area contributed by atoms with Gasteiger partial charge in [-0.05, 0) is 36.8 Å². The minimum atomic E-state index is -0.889. The average molecular weight is 288 g/mol. The van der Waals surface area contributed by atoms with Crippen LogP contribution in [0.25, 0.3) is 0 Å². The lowest BCUT2D eigenvalue weighted by molar-refractivity contribution is 0.0693. The van der Waals surface area contributed by atoms with E-state index in [9.17, 15) is 4.79 Å². The van der Waals surface area contributed by atoms with Crippen molar-refractivity contribution in [3.63, 3.8) is 0 Å². The molecule has 2 rings (SSSR count). The molecular formula is C16H16O3S. The third-order valence-corrected chi connectivity index (χ3v) is 3.89. The molecule has 2 aromatic rings. The van der Waals surface area contributed by atoms with Crippen LogP contribution in [0.4, 0.5) is 0 Å². The molecule has 3 nitrogen and oxygen atoms in total. The summed E-state index contributed by atoms with van der Waals surface area (Å²) in [5.41, 5.74) is 1.49. The molecule has 104 valence electrons. The Morgan fingerprint density at radius 3 is 2.50 bits per heavy atom. The van der Waals surface area contributed by atoms with Crippen molar-refractivity contribution in [2.24, 2.45) is 0 Å². The van der Waals surface area contributed by atoms with Gasteiger partial charge < -0.3 is 9.84 Å². The van der Waals surface area contributed by atoms with Crippen LogP contribution in [0, 0.1) is 0 Å². The maximum Gasteiger partial charge on any atom is 0.336 e. The lowest BCUT2D eigenvalue weighted by atomic mass is 10.2. The molecule has 20 heavy (non-hydrogen) atoms. The number of thioether (sulfide) groups is 1. The fourth-order valence-electron chi connectivity index (χ4n) is 1.78. The molecule has 0 aliphatic rings. The zero-order chi connectivity index (χ0) is 14.4. The molecule has 1 N–H and O–H groups in total. The van der Waals surface area contributed by atoms with Gasteiger partial charge in [0.2, 0.25) is 0 Å². The molecule has 0 atom stereocenters. The average Bonchev–Trinajstić information content (AvgIpc) is 2.47. The first-order valence-corrected chi connectivity index (χ1v) is 7.36. The molecule has 0 aliphatic carbocycles. The van der Waals surface area contributed by atoms with Gasteiger partial charge in [0.1, 0.15) is 5.75 Å². The van der Waals surface area contributed by atoms with Crippen molar-refractivity contribution in [1.29, 1.82) is 0 Å². The molecule has 0 aromatic heterocycles. The zero-order valence-corrected chi connectivity index (χ0v) is 12.0. The molecule has 0 fully saturated rings. The van der Waals surface area contributed by atoms with Crippen molar-refractivity contribution in [3.8, 4) is 5.75 Å². The Balaban J connectivity index is 2.03. The number of hydrogen-bond acceptors (Lipinski definition) is 3. The number of carboxylic acids is 1. The van der Waals surface area contributed by atoms with Crippen molar-refractivity contribution in [2.45, 2.75) is 17.6 Å². The quantitative estimate of drug-likeness (QED) is 0.814. The van der Waals surface area contributed by atoms with Crippen molar-refractivity contribution < 1.29 is 14.6 Å². The molecule has 0 amide bonds. The molecule has 0 bridgehead atoms. The molecule has 0 saturated heterocycles. The van der Waals surface area contributed by atoms with Gasteiger partial charge in [-0.25, -0.2) is 4.79 Å². The van der Waals surface area contributed by atoms with Gasteiger partial charge in [0.25, 0.3) is 0 Å². The van der Waals surface area contributed by atoms with Gasteiger partial charge in [0.05, 0.1) is 12.2 Å². The lowest BCUT2D eigenvalue weighted by Gasteiger charge is -2.07. The molecular weight excluding hydrogens is 272 g/mol. The van der Waals surface area contributed by atoms with E-state index in [0.717, 1.165) is 22.0 Å². The number of aromatic carboxylic acids is 1. The van der Waals surface area contributed by atoms with Gasteiger partial charge in [-0.15, -0.1) is 11.8 Å². The van der Waals surface area contributed by atoms with Crippen molar-refractivity contribution >= 4 is 17.7 Å². The number of rotatable bonds is 6. The Bertz CT molecular complexity index is 579. The Morgan fingerprint density at radius 1 is 1.15 bits per heavy atom. The second-order valence-electron chi connectivity index (χ2n) is 4.17. The van der Waals surface area contributed by atoms with Crippen LogP contribution in [0.5, 0.6) is 5.75 Å². The Labute approximate surface area is 122 Å². The molecule has 0 saturated carbocycles. The molecule has 0 aliphatic heterocycles. The van der Waals surface area contributed by atoms with Crippen LogP contribution in [-0.2, 0) is 5.75 Å². The first-order valence-electron chi connectivity index (χ1n) is 6.37. The molecule has 0 spiro atoms. The van der Waals surface area contributed by atoms with Crippen molar-refractivity contribution in [1.82, 2.24) is 0 Å². The highest BCUT2D eigenvalue weighted by Gasteiger charge is 2.09. The maximum absolute atomic E-state index is 11.1. The fraction of sp³-hybridized carbons (Fsp3) is 0.188. The number of carbonyl (C=O) groups is 1. The predicted molar refractivity (Wildman–Crippen MR) is 80.6 cm³/mol. The first-order chi connectivity index (χ1) is 9.70. The van der Waals surface area contributed by atoms with Gasteiger partial charge in [-0.3, -0.25) is 0 Å². The van der Waals surface area contributed by atoms with Crippen LogP contribution in [0.2, 0.25) is 0 Å². The Hall–Kier alpha value is -1.94. The molecule has 0 heterocycles. The van der Waals surface area contributed by atoms with Crippen LogP contribution < -0.4 is 4.74 Å². The Kier molecular flexibility index (Phi) is 5.07. The number of carboxylic acid groups (broad SMARTS) is 1. The standard InChI is InChI=1S/C16H16O3S/c1-2-19-13-9-7-12(8-10-13)11-20-15-6-4-3-5-14(15)16(17)18/h3-10H,2,11H2,1H3,(H,17,18). The fourth-order valence-corrected chi connectivity index (χ4v) is 2.78. The Morgan fingerprint density at radius 2 is 1.85 bits per heavy atom. The first kappa shape index (κ1) is 14.5. The molecule has 4 heteroatoms. The highest BCUT2D eigenvalue weighted by Crippen LogP contribution is 2.27. The second kappa shape index (κ2) is 7.01. The van der Waals surface area contributed by atoms with E-state index in [-0.39, 0.29) is 0 Å². The van der Waals surface area contributed by atoms with E-state index in [4.69, 9.17) is 9.84 Å². The summed E-state index contributed by atoms with van der Waals surface area (Å²) in [5, 5.41) is 9.13. The predicted octanol–water partition coefficient (Wildman–Crippen LogP) is 4.08. The lowest BCUT2D eigenvalue weighted by Crippen LogP contribution is -1.98. The van der Waals surface area contributed by atoms with E-state index in [1.165, 1.54) is 11.8 Å². The summed E-state index contributed by atoms with van der Waals surface area (Å²) < 4.78 is 5.39. The van der Waals surface area contributed by atoms with Gasteiger partial charge in [-0.1, -0.05) is 24.3 Å². The van der Waals surface area contributed by atoms with Gasteiger partial charge in [-0.2, -0.15) is 0 Å². The molecule has 0 radical (unpaired) electrons. The number of hydrogen-bond donors (Lipinski definition) is 1. The highest BCUT2D eigenvalue weighted by molar-refractivity contribution is 7.98. The van der Waals surface area contributed by atoms with Crippen LogP contribution in [0.1, 0.15) is 22.8 Å². The zero-order valence-electron chi connectivity index (χ0n) is 11.2. The number of benzene rings is 2. The summed E-state index contributed by atoms with van der Waals surface area (Å²) in [6.45, 7) is 2.60. The monoisotopic (exact) mass is 288 g/mol. The number of ether oxygens (including phenoxy) is 1. The summed E-state index contributed by atoms with van der Waals surface area (Å²) in [4.78, 5) is 11.9. The van der Waals surface area contributed by atoms with E-state index in [1.807, 2.05) is 43.3 Å². The van der Waals surface area contributed by atoms with E-state index < -0.39 is 5.97 Å². The van der Waals surface area contributed by atoms with Gasteiger partial charge in [0, 0.05) is 10.6 Å². The van der Waals surface area contributed by atoms with E-state index >= 15 is 0 Å². The molecule has 0 unspecified atom stereocenters. The second-order valence-corrected chi connectivity index (χ2v) is 5.18. The topological polar surface area (TPSA) is 46.5 Å². The summed E-state index contributed by atoms with van der Waals surface area (Å²) in [5.74, 6) is 0.698. The van der Waals surface area contributed by atoms with Crippen LogP contribution in [0.15, 0.2) is 53.4 Å². The largest absolute Gasteiger partial charge is 0.494 e. The summed E-state index contributed by atoms with van der Waals surface area (Å²) in [6, 6.07) is 14.9.